The van der Waals surface area contributed by atoms with Crippen LogP contribution in [0.5, 0.6) is 0 Å². The van der Waals surface area contributed by atoms with Crippen LogP contribution in [0, 0.1) is 5.92 Å². The minimum absolute atomic E-state index is 0.0983. The zero-order chi connectivity index (χ0) is 12.1. The molecule has 1 atom stereocenters. The van der Waals surface area contributed by atoms with E-state index in [1.807, 2.05) is 0 Å². The molecule has 90 valence electrons. The standard InChI is InChI=1S/C11H17NO3S/c1-8(2)3-6-16-9-7-10(14)12(4-5-13)11(9)15/h5,8-9H,3-4,6-7H2,1-2H3. The Morgan fingerprint density at radius 1 is 1.50 bits per heavy atom. The number of carbonyl (C=O) groups is 3. The highest BCUT2D eigenvalue weighted by Gasteiger charge is 2.38. The highest BCUT2D eigenvalue weighted by atomic mass is 32.2. The molecule has 1 fully saturated rings. The van der Waals surface area contributed by atoms with Crippen molar-refractivity contribution in [1.29, 1.82) is 0 Å². The fourth-order valence-corrected chi connectivity index (χ4v) is 2.92. The molecule has 0 aromatic heterocycles. The summed E-state index contributed by atoms with van der Waals surface area (Å²) in [6, 6.07) is 0. The van der Waals surface area contributed by atoms with Crippen LogP contribution in [0.15, 0.2) is 0 Å². The lowest BCUT2D eigenvalue weighted by Crippen LogP contribution is -2.32. The normalized spacial score (nSPS) is 20.9. The van der Waals surface area contributed by atoms with Gasteiger partial charge in [0.2, 0.25) is 11.8 Å². The number of rotatable bonds is 6. The van der Waals surface area contributed by atoms with E-state index < -0.39 is 0 Å². The summed E-state index contributed by atoms with van der Waals surface area (Å²) in [5.41, 5.74) is 0. The molecule has 0 spiro atoms. The summed E-state index contributed by atoms with van der Waals surface area (Å²) in [6.07, 6.45) is 1.88. The van der Waals surface area contributed by atoms with Crippen LogP contribution in [0.25, 0.3) is 0 Å². The smallest absolute Gasteiger partial charge is 0.243 e. The second kappa shape index (κ2) is 6.03. The van der Waals surface area contributed by atoms with E-state index in [4.69, 9.17) is 0 Å². The summed E-state index contributed by atoms with van der Waals surface area (Å²) >= 11 is 1.53. The Morgan fingerprint density at radius 2 is 2.19 bits per heavy atom. The maximum atomic E-state index is 11.7. The molecule has 1 rings (SSSR count). The van der Waals surface area contributed by atoms with Gasteiger partial charge < -0.3 is 4.79 Å². The van der Waals surface area contributed by atoms with Gasteiger partial charge >= 0.3 is 0 Å². The molecule has 0 aliphatic carbocycles. The Hall–Kier alpha value is -0.840. The van der Waals surface area contributed by atoms with Gasteiger partial charge in [-0.3, -0.25) is 14.5 Å². The molecule has 1 saturated heterocycles. The number of thioether (sulfide) groups is 1. The molecule has 5 heteroatoms. The lowest BCUT2D eigenvalue weighted by Gasteiger charge is -2.11. The Kier molecular flexibility index (Phi) is 4.99. The molecule has 4 nitrogen and oxygen atoms in total. The number of imide groups is 1. The minimum atomic E-state index is -0.272. The number of hydrogen-bond acceptors (Lipinski definition) is 4. The Morgan fingerprint density at radius 3 is 2.75 bits per heavy atom. The van der Waals surface area contributed by atoms with Gasteiger partial charge in [-0.25, -0.2) is 0 Å². The molecule has 1 aliphatic rings. The first-order valence-electron chi connectivity index (χ1n) is 5.45. The number of likely N-dealkylation sites (tertiary alicyclic amines) is 1. The van der Waals surface area contributed by atoms with Gasteiger partial charge in [0.15, 0.2) is 0 Å². The van der Waals surface area contributed by atoms with Crippen LogP contribution in [-0.2, 0) is 14.4 Å². The van der Waals surface area contributed by atoms with E-state index in [0.717, 1.165) is 17.1 Å². The van der Waals surface area contributed by atoms with Gasteiger partial charge in [0.25, 0.3) is 0 Å². The second-order valence-corrected chi connectivity index (χ2v) is 5.57. The molecular weight excluding hydrogens is 226 g/mol. The van der Waals surface area contributed by atoms with Crippen LogP contribution in [0.3, 0.4) is 0 Å². The number of hydrogen-bond donors (Lipinski definition) is 0. The highest BCUT2D eigenvalue weighted by Crippen LogP contribution is 2.26. The summed E-state index contributed by atoms with van der Waals surface area (Å²) in [4.78, 5) is 34.5. The van der Waals surface area contributed by atoms with Crippen molar-refractivity contribution < 1.29 is 14.4 Å². The summed E-state index contributed by atoms with van der Waals surface area (Å²) in [5, 5.41) is -0.272. The van der Waals surface area contributed by atoms with Crippen LogP contribution in [0.1, 0.15) is 26.7 Å². The van der Waals surface area contributed by atoms with Crippen molar-refractivity contribution in [3.8, 4) is 0 Å². The van der Waals surface area contributed by atoms with E-state index in [-0.39, 0.29) is 30.0 Å². The van der Waals surface area contributed by atoms with Gasteiger partial charge in [-0.2, -0.15) is 0 Å². The Balaban J connectivity index is 2.42. The lowest BCUT2D eigenvalue weighted by molar-refractivity contribution is -0.139. The van der Waals surface area contributed by atoms with Gasteiger partial charge in [-0.1, -0.05) is 13.8 Å². The minimum Gasteiger partial charge on any atom is -0.301 e. The molecule has 1 heterocycles. The number of aldehydes is 1. The van der Waals surface area contributed by atoms with E-state index >= 15 is 0 Å². The van der Waals surface area contributed by atoms with E-state index in [0.29, 0.717) is 12.2 Å². The molecule has 1 aliphatic heterocycles. The third kappa shape index (κ3) is 3.33. The summed E-state index contributed by atoms with van der Waals surface area (Å²) < 4.78 is 0. The summed E-state index contributed by atoms with van der Waals surface area (Å²) in [6.45, 7) is 4.15. The molecule has 16 heavy (non-hydrogen) atoms. The van der Waals surface area contributed by atoms with E-state index in [1.54, 1.807) is 0 Å². The van der Waals surface area contributed by atoms with E-state index in [1.165, 1.54) is 11.8 Å². The topological polar surface area (TPSA) is 54.5 Å². The lowest BCUT2D eigenvalue weighted by atomic mass is 10.2. The van der Waals surface area contributed by atoms with E-state index in [9.17, 15) is 14.4 Å². The van der Waals surface area contributed by atoms with Gasteiger partial charge in [0.05, 0.1) is 11.8 Å². The molecule has 0 radical (unpaired) electrons. The van der Waals surface area contributed by atoms with Crippen LogP contribution in [0.4, 0.5) is 0 Å². The van der Waals surface area contributed by atoms with Crippen molar-refractivity contribution in [2.24, 2.45) is 5.92 Å². The first kappa shape index (κ1) is 13.2. The van der Waals surface area contributed by atoms with Gasteiger partial charge in [-0.05, 0) is 18.1 Å². The van der Waals surface area contributed by atoms with Gasteiger partial charge in [0.1, 0.15) is 6.29 Å². The van der Waals surface area contributed by atoms with Crippen molar-refractivity contribution in [1.82, 2.24) is 4.90 Å². The van der Waals surface area contributed by atoms with Crippen LogP contribution in [-0.4, -0.2) is 40.5 Å². The zero-order valence-electron chi connectivity index (χ0n) is 9.64. The third-order valence-corrected chi connectivity index (χ3v) is 3.72. The van der Waals surface area contributed by atoms with Crippen LogP contribution in [0.2, 0.25) is 0 Å². The molecule has 1 unspecified atom stereocenters. The van der Waals surface area contributed by atoms with Crippen molar-refractivity contribution in [2.75, 3.05) is 12.3 Å². The average Bonchev–Trinajstić information content (AvgIpc) is 2.46. The van der Waals surface area contributed by atoms with E-state index in [2.05, 4.69) is 13.8 Å². The maximum absolute atomic E-state index is 11.7. The molecule has 2 amide bonds. The highest BCUT2D eigenvalue weighted by molar-refractivity contribution is 8.00. The second-order valence-electron chi connectivity index (χ2n) is 4.26. The average molecular weight is 243 g/mol. The van der Waals surface area contributed by atoms with Crippen molar-refractivity contribution in [3.05, 3.63) is 0 Å². The van der Waals surface area contributed by atoms with Crippen LogP contribution >= 0.6 is 11.8 Å². The first-order chi connectivity index (χ1) is 7.56. The summed E-state index contributed by atoms with van der Waals surface area (Å²) in [5.74, 6) is 1.06. The molecular formula is C11H17NO3S. The zero-order valence-corrected chi connectivity index (χ0v) is 10.5. The van der Waals surface area contributed by atoms with Crippen molar-refractivity contribution >= 4 is 29.9 Å². The third-order valence-electron chi connectivity index (χ3n) is 2.47. The predicted octanol–water partition coefficient (Wildman–Crippen LogP) is 1.09. The first-order valence-corrected chi connectivity index (χ1v) is 6.50. The maximum Gasteiger partial charge on any atom is 0.243 e. The molecule has 0 aromatic rings. The molecule has 0 bridgehead atoms. The van der Waals surface area contributed by atoms with Crippen molar-refractivity contribution in [2.45, 2.75) is 31.9 Å². The number of amides is 2. The van der Waals surface area contributed by atoms with Gasteiger partial charge in [-0.15, -0.1) is 11.8 Å². The SMILES string of the molecule is CC(C)CCSC1CC(=O)N(CC=O)C1=O. The number of nitrogens with zero attached hydrogens (tertiary/aromatic N) is 1. The number of carbonyl (C=O) groups excluding carboxylic acids is 3. The Labute approximate surface area is 99.8 Å². The quantitative estimate of drug-likeness (QED) is 0.517. The van der Waals surface area contributed by atoms with Gasteiger partial charge in [0, 0.05) is 6.42 Å². The summed E-state index contributed by atoms with van der Waals surface area (Å²) in [7, 11) is 0. The fourth-order valence-electron chi connectivity index (χ4n) is 1.50. The van der Waals surface area contributed by atoms with Crippen molar-refractivity contribution in [3.63, 3.8) is 0 Å². The molecule has 0 saturated carbocycles. The largest absolute Gasteiger partial charge is 0.301 e. The molecule has 0 aromatic carbocycles. The van der Waals surface area contributed by atoms with Crippen LogP contribution < -0.4 is 0 Å². The Bertz CT molecular complexity index is 291. The predicted molar refractivity (Wildman–Crippen MR) is 63.1 cm³/mol. The fraction of sp³-hybridized carbons (Fsp3) is 0.727. The molecule has 0 N–H and O–H groups in total. The monoisotopic (exact) mass is 243 g/mol.